The van der Waals surface area contributed by atoms with Crippen molar-refractivity contribution in [3.8, 4) is 11.5 Å². The van der Waals surface area contributed by atoms with Gasteiger partial charge in [0.15, 0.2) is 11.5 Å². The van der Waals surface area contributed by atoms with Crippen LogP contribution in [0.2, 0.25) is 5.02 Å². The molecule has 0 N–H and O–H groups in total. The van der Waals surface area contributed by atoms with E-state index < -0.39 is 0 Å². The number of benzene rings is 2. The fourth-order valence-electron chi connectivity index (χ4n) is 4.22. The zero-order valence-corrected chi connectivity index (χ0v) is 15.0. The van der Waals surface area contributed by atoms with Crippen LogP contribution in [0.5, 0.6) is 11.5 Å². The molecule has 2 saturated heterocycles. The second kappa shape index (κ2) is 6.18. The van der Waals surface area contributed by atoms with Gasteiger partial charge in [-0.25, -0.2) is 0 Å². The van der Waals surface area contributed by atoms with Crippen LogP contribution in [-0.2, 0) is 11.3 Å². The summed E-state index contributed by atoms with van der Waals surface area (Å²) in [5, 5.41) is 0.631. The zero-order chi connectivity index (χ0) is 17.7. The average molecular weight is 371 g/mol. The summed E-state index contributed by atoms with van der Waals surface area (Å²) in [5.41, 5.74) is 1.96. The fourth-order valence-corrected chi connectivity index (χ4v) is 4.45. The molecule has 0 spiro atoms. The number of likely N-dealkylation sites (tertiary alicyclic amines) is 1. The molecular weight excluding hydrogens is 352 g/mol. The Morgan fingerprint density at radius 2 is 1.88 bits per heavy atom. The van der Waals surface area contributed by atoms with Gasteiger partial charge in [0.25, 0.3) is 0 Å². The van der Waals surface area contributed by atoms with Crippen molar-refractivity contribution in [1.82, 2.24) is 4.90 Å². The van der Waals surface area contributed by atoms with Crippen molar-refractivity contribution >= 4 is 23.2 Å². The van der Waals surface area contributed by atoms with Gasteiger partial charge in [-0.3, -0.25) is 9.69 Å². The molecule has 2 fully saturated rings. The van der Waals surface area contributed by atoms with Crippen molar-refractivity contribution in [2.24, 2.45) is 0 Å². The lowest BCUT2D eigenvalue weighted by atomic mass is 10.1. The Balaban J connectivity index is 1.34. The predicted octanol–water partition coefficient (Wildman–Crippen LogP) is 3.10. The molecule has 2 atom stereocenters. The van der Waals surface area contributed by atoms with E-state index in [1.807, 2.05) is 41.3 Å². The van der Waals surface area contributed by atoms with Crippen LogP contribution in [0, 0.1) is 0 Å². The lowest BCUT2D eigenvalue weighted by molar-refractivity contribution is -0.122. The molecule has 3 aliphatic heterocycles. The number of fused-ring (bicyclic) bond motifs is 3. The van der Waals surface area contributed by atoms with Crippen LogP contribution in [0.3, 0.4) is 0 Å². The number of halogens is 1. The first-order chi connectivity index (χ1) is 12.7. The number of carbonyl (C=O) groups is 1. The number of amides is 1. The van der Waals surface area contributed by atoms with Crippen LogP contribution in [-0.4, -0.2) is 42.6 Å². The molecule has 1 amide bonds. The van der Waals surface area contributed by atoms with Crippen LogP contribution in [0.4, 0.5) is 5.69 Å². The summed E-state index contributed by atoms with van der Waals surface area (Å²) < 4.78 is 11.2. The zero-order valence-electron chi connectivity index (χ0n) is 14.2. The monoisotopic (exact) mass is 370 g/mol. The quantitative estimate of drug-likeness (QED) is 0.832. The number of hydrogen-bond donors (Lipinski definition) is 0. The standard InChI is InChI=1S/C20H19ClN2O3/c21-15-3-1-2-4-16(15)23-14-10-17(20(23)24)22(12-14)11-13-5-6-18-19(9-13)26-8-7-25-18/h1-6,9,14,17H,7-8,10-12H2/t14-,17-/m0/s1. The molecule has 0 saturated carbocycles. The summed E-state index contributed by atoms with van der Waals surface area (Å²) in [5.74, 6) is 1.73. The maximum Gasteiger partial charge on any atom is 0.244 e. The van der Waals surface area contributed by atoms with Gasteiger partial charge in [-0.2, -0.15) is 0 Å². The number of hydrogen-bond acceptors (Lipinski definition) is 4. The Morgan fingerprint density at radius 3 is 2.69 bits per heavy atom. The minimum atomic E-state index is -0.0792. The van der Waals surface area contributed by atoms with E-state index in [4.69, 9.17) is 21.1 Å². The van der Waals surface area contributed by atoms with Crippen molar-refractivity contribution in [3.05, 3.63) is 53.1 Å². The molecule has 2 bridgehead atoms. The third-order valence-electron chi connectivity index (χ3n) is 5.37. The Hall–Kier alpha value is -2.24. The Bertz CT molecular complexity index is 872. The van der Waals surface area contributed by atoms with Gasteiger partial charge in [0.2, 0.25) is 5.91 Å². The molecule has 134 valence electrons. The van der Waals surface area contributed by atoms with Crippen LogP contribution in [0.25, 0.3) is 0 Å². The summed E-state index contributed by atoms with van der Waals surface area (Å²) in [6.45, 7) is 2.76. The number of ether oxygens (including phenoxy) is 2. The molecule has 5 nitrogen and oxygen atoms in total. The molecule has 5 rings (SSSR count). The topological polar surface area (TPSA) is 42.0 Å². The van der Waals surface area contributed by atoms with E-state index in [0.29, 0.717) is 18.2 Å². The Labute approximate surface area is 157 Å². The van der Waals surface area contributed by atoms with Crippen molar-refractivity contribution < 1.29 is 14.3 Å². The second-order valence-electron chi connectivity index (χ2n) is 6.97. The highest BCUT2D eigenvalue weighted by Crippen LogP contribution is 2.39. The minimum absolute atomic E-state index is 0.0792. The summed E-state index contributed by atoms with van der Waals surface area (Å²) in [7, 11) is 0. The first-order valence-electron chi connectivity index (χ1n) is 8.91. The first kappa shape index (κ1) is 16.0. The highest BCUT2D eigenvalue weighted by atomic mass is 35.5. The molecular formula is C20H19ClN2O3. The van der Waals surface area contributed by atoms with Crippen molar-refractivity contribution in [2.45, 2.75) is 25.0 Å². The van der Waals surface area contributed by atoms with Crippen LogP contribution >= 0.6 is 11.6 Å². The maximum absolute atomic E-state index is 12.9. The van der Waals surface area contributed by atoms with Crippen LogP contribution in [0.15, 0.2) is 42.5 Å². The van der Waals surface area contributed by atoms with E-state index in [9.17, 15) is 4.79 Å². The fraction of sp³-hybridized carbons (Fsp3) is 0.350. The van der Waals surface area contributed by atoms with E-state index in [1.54, 1.807) is 0 Å². The SMILES string of the molecule is O=C1[C@@H]2C[C@@H](CN2Cc2ccc3c(c2)OCCO3)N1c1ccccc1Cl. The number of rotatable bonds is 3. The van der Waals surface area contributed by atoms with Gasteiger partial charge in [-0.15, -0.1) is 0 Å². The molecule has 3 aliphatic rings. The van der Waals surface area contributed by atoms with Crippen molar-refractivity contribution in [3.63, 3.8) is 0 Å². The Morgan fingerprint density at radius 1 is 1.08 bits per heavy atom. The number of nitrogens with zero attached hydrogens (tertiary/aromatic N) is 2. The van der Waals surface area contributed by atoms with Crippen molar-refractivity contribution in [2.75, 3.05) is 24.7 Å². The smallest absolute Gasteiger partial charge is 0.244 e. The molecule has 0 radical (unpaired) electrons. The molecule has 2 aromatic rings. The van der Waals surface area contributed by atoms with E-state index in [1.165, 1.54) is 0 Å². The first-order valence-corrected chi connectivity index (χ1v) is 9.29. The third kappa shape index (κ3) is 2.54. The number of carbonyl (C=O) groups excluding carboxylic acids is 1. The number of piperazine rings is 1. The molecule has 0 aliphatic carbocycles. The van der Waals surface area contributed by atoms with E-state index in [-0.39, 0.29) is 18.0 Å². The summed E-state index contributed by atoms with van der Waals surface area (Å²) in [4.78, 5) is 17.1. The maximum atomic E-state index is 12.9. The molecule has 26 heavy (non-hydrogen) atoms. The third-order valence-corrected chi connectivity index (χ3v) is 5.69. The lowest BCUT2D eigenvalue weighted by Gasteiger charge is -2.34. The highest BCUT2D eigenvalue weighted by Gasteiger charge is 2.50. The van der Waals surface area contributed by atoms with E-state index in [2.05, 4.69) is 11.0 Å². The van der Waals surface area contributed by atoms with Gasteiger partial charge in [0.05, 0.1) is 22.8 Å². The minimum Gasteiger partial charge on any atom is -0.486 e. The van der Waals surface area contributed by atoms with Crippen molar-refractivity contribution in [1.29, 1.82) is 0 Å². The van der Waals surface area contributed by atoms with Gasteiger partial charge in [0.1, 0.15) is 13.2 Å². The van der Waals surface area contributed by atoms with Gasteiger partial charge in [-0.1, -0.05) is 29.8 Å². The lowest BCUT2D eigenvalue weighted by Crippen LogP contribution is -2.50. The predicted molar refractivity (Wildman–Crippen MR) is 99.0 cm³/mol. The normalized spacial score (nSPS) is 24.3. The number of anilines is 1. The van der Waals surface area contributed by atoms with Gasteiger partial charge in [0, 0.05) is 13.1 Å². The van der Waals surface area contributed by atoms with Gasteiger partial charge in [-0.05, 0) is 36.2 Å². The highest BCUT2D eigenvalue weighted by molar-refractivity contribution is 6.34. The molecule has 0 aromatic heterocycles. The van der Waals surface area contributed by atoms with Gasteiger partial charge < -0.3 is 14.4 Å². The molecule has 0 unspecified atom stereocenters. The summed E-state index contributed by atoms with van der Waals surface area (Å²) in [6, 6.07) is 13.7. The molecule has 2 aromatic carbocycles. The molecule has 3 heterocycles. The van der Waals surface area contributed by atoms with Crippen LogP contribution in [0.1, 0.15) is 12.0 Å². The van der Waals surface area contributed by atoms with E-state index in [0.717, 1.165) is 42.3 Å². The van der Waals surface area contributed by atoms with Crippen LogP contribution < -0.4 is 14.4 Å². The number of para-hydroxylation sites is 1. The summed E-state index contributed by atoms with van der Waals surface area (Å²) >= 11 is 6.31. The molecule has 6 heteroatoms. The Kier molecular flexibility index (Phi) is 3.80. The average Bonchev–Trinajstić information content (AvgIpc) is 3.20. The van der Waals surface area contributed by atoms with E-state index >= 15 is 0 Å². The largest absolute Gasteiger partial charge is 0.486 e. The summed E-state index contributed by atoms with van der Waals surface area (Å²) in [6.07, 6.45) is 0.856. The van der Waals surface area contributed by atoms with Gasteiger partial charge >= 0.3 is 0 Å². The second-order valence-corrected chi connectivity index (χ2v) is 7.38.